The van der Waals surface area contributed by atoms with Crippen LogP contribution in [0, 0.1) is 0 Å². The molecule has 0 saturated carbocycles. The number of nitrogens with zero attached hydrogens (tertiary/aromatic N) is 3. The molecule has 3 heterocycles. The predicted molar refractivity (Wildman–Crippen MR) is 207 cm³/mol. The van der Waals surface area contributed by atoms with Crippen molar-refractivity contribution in [2.24, 2.45) is 0 Å². The van der Waals surface area contributed by atoms with Gasteiger partial charge < -0.3 is 13.7 Å². The van der Waals surface area contributed by atoms with Crippen molar-refractivity contribution in [3.8, 4) is 17.1 Å². The van der Waals surface area contributed by atoms with E-state index in [-0.39, 0.29) is 0 Å². The molecule has 11 rings (SSSR count). The van der Waals surface area contributed by atoms with E-state index in [4.69, 9.17) is 0 Å². The van der Waals surface area contributed by atoms with Gasteiger partial charge in [0.05, 0.1) is 33.1 Å². The lowest BCUT2D eigenvalue weighted by molar-refractivity contribution is 1.18. The van der Waals surface area contributed by atoms with E-state index in [1.54, 1.807) is 0 Å². The Morgan fingerprint density at radius 1 is 0.224 bits per heavy atom. The molecule has 0 unspecified atom stereocenters. The lowest BCUT2D eigenvalue weighted by Gasteiger charge is -2.14. The summed E-state index contributed by atoms with van der Waals surface area (Å²) >= 11 is 0. The Balaban J connectivity index is 1.52. The quantitative estimate of drug-likeness (QED) is 0.186. The number of para-hydroxylation sites is 6. The molecule has 0 bridgehead atoms. The first-order valence-corrected chi connectivity index (χ1v) is 16.9. The molecule has 0 N–H and O–H groups in total. The zero-order valence-corrected chi connectivity index (χ0v) is 26.6. The second kappa shape index (κ2) is 9.96. The van der Waals surface area contributed by atoms with E-state index in [0.29, 0.717) is 0 Å². The van der Waals surface area contributed by atoms with Crippen molar-refractivity contribution in [1.29, 1.82) is 0 Å². The maximum Gasteiger partial charge on any atom is 0.0648 e. The molecular formula is C46H29N3. The van der Waals surface area contributed by atoms with Crippen LogP contribution in [0.1, 0.15) is 0 Å². The average Bonchev–Trinajstić information content (AvgIpc) is 3.82. The Hall–Kier alpha value is -6.58. The van der Waals surface area contributed by atoms with Crippen LogP contribution in [0.15, 0.2) is 176 Å². The van der Waals surface area contributed by atoms with Gasteiger partial charge in [0.15, 0.2) is 0 Å². The normalized spacial score (nSPS) is 12.1. The van der Waals surface area contributed by atoms with Crippen molar-refractivity contribution in [1.82, 2.24) is 13.7 Å². The van der Waals surface area contributed by atoms with Crippen molar-refractivity contribution >= 4 is 76.2 Å². The van der Waals surface area contributed by atoms with Gasteiger partial charge in [-0.25, -0.2) is 0 Å². The van der Waals surface area contributed by atoms with Gasteiger partial charge in [0.25, 0.3) is 0 Å². The Morgan fingerprint density at radius 3 is 1.18 bits per heavy atom. The fourth-order valence-electron chi connectivity index (χ4n) is 8.53. The fourth-order valence-corrected chi connectivity index (χ4v) is 8.53. The first-order chi connectivity index (χ1) is 24.4. The van der Waals surface area contributed by atoms with Crippen molar-refractivity contribution in [2.75, 3.05) is 0 Å². The summed E-state index contributed by atoms with van der Waals surface area (Å²) in [6, 6.07) is 64.0. The summed E-state index contributed by atoms with van der Waals surface area (Å²) < 4.78 is 7.42. The molecule has 0 spiro atoms. The van der Waals surface area contributed by atoms with Crippen LogP contribution in [0.4, 0.5) is 0 Å². The lowest BCUT2D eigenvalue weighted by Crippen LogP contribution is -1.97. The highest BCUT2D eigenvalue weighted by Crippen LogP contribution is 2.50. The molecule has 3 nitrogen and oxygen atoms in total. The maximum atomic E-state index is 2.50. The SMILES string of the molecule is c1ccc(-n2c3ccccc3c3c4c(ccc32)c2c(c3ccccc3n2-c2ccccc2)c2c4c3ccccc3n2-c2ccccc2)cc1. The topological polar surface area (TPSA) is 14.8 Å². The molecule has 0 amide bonds. The largest absolute Gasteiger partial charge is 0.309 e. The summed E-state index contributed by atoms with van der Waals surface area (Å²) in [5, 5.41) is 10.1. The molecule has 3 aromatic heterocycles. The van der Waals surface area contributed by atoms with E-state index in [0.717, 1.165) is 17.1 Å². The molecule has 0 saturated heterocycles. The van der Waals surface area contributed by atoms with Crippen LogP contribution in [0.5, 0.6) is 0 Å². The van der Waals surface area contributed by atoms with Crippen molar-refractivity contribution < 1.29 is 0 Å². The van der Waals surface area contributed by atoms with E-state index in [1.807, 2.05) is 0 Å². The minimum atomic E-state index is 1.16. The zero-order valence-electron chi connectivity index (χ0n) is 26.6. The Morgan fingerprint density at radius 2 is 0.633 bits per heavy atom. The third-order valence-electron chi connectivity index (χ3n) is 10.4. The summed E-state index contributed by atoms with van der Waals surface area (Å²) in [5.74, 6) is 0. The molecule has 3 heteroatoms. The highest BCUT2D eigenvalue weighted by atomic mass is 15.0. The van der Waals surface area contributed by atoms with Gasteiger partial charge in [-0.05, 0) is 60.7 Å². The second-order valence-corrected chi connectivity index (χ2v) is 12.9. The number of hydrogen-bond acceptors (Lipinski definition) is 0. The molecule has 0 aliphatic heterocycles. The summed E-state index contributed by atoms with van der Waals surface area (Å²) in [7, 11) is 0. The summed E-state index contributed by atoms with van der Waals surface area (Å²) in [5.41, 5.74) is 10.8. The second-order valence-electron chi connectivity index (χ2n) is 12.9. The summed E-state index contributed by atoms with van der Waals surface area (Å²) in [4.78, 5) is 0. The van der Waals surface area contributed by atoms with E-state index in [2.05, 4.69) is 190 Å². The van der Waals surface area contributed by atoms with Gasteiger partial charge in [-0.2, -0.15) is 0 Å². The van der Waals surface area contributed by atoms with Gasteiger partial charge in [0.1, 0.15) is 0 Å². The van der Waals surface area contributed by atoms with Gasteiger partial charge >= 0.3 is 0 Å². The first-order valence-electron chi connectivity index (χ1n) is 16.9. The van der Waals surface area contributed by atoms with Crippen LogP contribution in [0.2, 0.25) is 0 Å². The van der Waals surface area contributed by atoms with E-state index < -0.39 is 0 Å². The third-order valence-corrected chi connectivity index (χ3v) is 10.4. The Labute approximate surface area is 282 Å². The summed E-state index contributed by atoms with van der Waals surface area (Å²) in [6.07, 6.45) is 0. The zero-order chi connectivity index (χ0) is 32.1. The minimum absolute atomic E-state index is 1.16. The average molecular weight is 624 g/mol. The molecular weight excluding hydrogens is 595 g/mol. The van der Waals surface area contributed by atoms with Gasteiger partial charge in [0, 0.05) is 60.2 Å². The monoisotopic (exact) mass is 623 g/mol. The molecule has 49 heavy (non-hydrogen) atoms. The maximum absolute atomic E-state index is 2.50. The molecule has 228 valence electrons. The number of aromatic nitrogens is 3. The fraction of sp³-hybridized carbons (Fsp3) is 0. The molecule has 8 aromatic carbocycles. The van der Waals surface area contributed by atoms with Gasteiger partial charge in [-0.3, -0.25) is 0 Å². The van der Waals surface area contributed by atoms with Gasteiger partial charge in [-0.15, -0.1) is 0 Å². The number of fused-ring (bicyclic) bond motifs is 14. The molecule has 11 aromatic rings. The predicted octanol–water partition coefficient (Wildman–Crippen LogP) is 12.1. The minimum Gasteiger partial charge on any atom is -0.309 e. The molecule has 0 aliphatic carbocycles. The smallest absolute Gasteiger partial charge is 0.0648 e. The van der Waals surface area contributed by atoms with Crippen LogP contribution < -0.4 is 0 Å². The molecule has 0 radical (unpaired) electrons. The van der Waals surface area contributed by atoms with Crippen molar-refractivity contribution in [2.45, 2.75) is 0 Å². The van der Waals surface area contributed by atoms with Crippen molar-refractivity contribution in [3.63, 3.8) is 0 Å². The third kappa shape index (κ3) is 3.51. The van der Waals surface area contributed by atoms with Crippen LogP contribution in [0.3, 0.4) is 0 Å². The van der Waals surface area contributed by atoms with Crippen LogP contribution >= 0.6 is 0 Å². The van der Waals surface area contributed by atoms with E-state index in [9.17, 15) is 0 Å². The van der Waals surface area contributed by atoms with Crippen LogP contribution in [-0.2, 0) is 0 Å². The Bertz CT molecular complexity index is 3070. The highest BCUT2D eigenvalue weighted by molar-refractivity contribution is 6.42. The number of benzene rings is 8. The van der Waals surface area contributed by atoms with Crippen LogP contribution in [0.25, 0.3) is 93.3 Å². The summed E-state index contributed by atoms with van der Waals surface area (Å²) in [6.45, 7) is 0. The van der Waals surface area contributed by atoms with E-state index in [1.165, 1.54) is 76.2 Å². The highest BCUT2D eigenvalue weighted by Gasteiger charge is 2.27. The standard InChI is InChI=1S/C46H29N3/c1-4-16-30(17-5-1)47-37-25-13-10-22-33(37)41-40(47)29-28-36-42(41)43-34-23-11-14-26-38(34)49(32-20-8-3-9-21-32)46(43)44-35-24-12-15-27-39(35)48(45(36)44)31-18-6-2-7-19-31/h1-29H. The van der Waals surface area contributed by atoms with Gasteiger partial charge in [-0.1, -0.05) is 115 Å². The number of rotatable bonds is 3. The molecule has 0 fully saturated rings. The molecule has 0 aliphatic rings. The number of hydrogen-bond donors (Lipinski definition) is 0. The Kier molecular flexibility index (Phi) is 5.38. The molecule has 0 atom stereocenters. The van der Waals surface area contributed by atoms with Crippen molar-refractivity contribution in [3.05, 3.63) is 176 Å². The van der Waals surface area contributed by atoms with Crippen LogP contribution in [-0.4, -0.2) is 13.7 Å². The first kappa shape index (κ1) is 26.5. The van der Waals surface area contributed by atoms with Gasteiger partial charge in [0.2, 0.25) is 0 Å². The van der Waals surface area contributed by atoms with E-state index >= 15 is 0 Å². The lowest BCUT2D eigenvalue weighted by atomic mass is 9.95.